The van der Waals surface area contributed by atoms with Gasteiger partial charge in [0.1, 0.15) is 11.6 Å². The van der Waals surface area contributed by atoms with Crippen LogP contribution in [-0.4, -0.2) is 16.5 Å². The maximum atomic E-state index is 4.66. The second kappa shape index (κ2) is 6.84. The maximum Gasteiger partial charge on any atom is 0.135 e. The van der Waals surface area contributed by atoms with Gasteiger partial charge in [0.15, 0.2) is 0 Å². The molecule has 0 aliphatic carbocycles. The largest absolute Gasteiger partial charge is 0.370 e. The van der Waals surface area contributed by atoms with Gasteiger partial charge < -0.3 is 5.32 Å². The molecule has 1 aromatic heterocycles. The van der Waals surface area contributed by atoms with Crippen LogP contribution in [0.5, 0.6) is 0 Å². The van der Waals surface area contributed by atoms with Crippen molar-refractivity contribution >= 4 is 21.7 Å². The zero-order chi connectivity index (χ0) is 14.5. The van der Waals surface area contributed by atoms with Crippen molar-refractivity contribution < 1.29 is 0 Å². The first-order chi connectivity index (χ1) is 9.60. The molecule has 2 rings (SSSR count). The highest BCUT2D eigenvalue weighted by Crippen LogP contribution is 2.18. The summed E-state index contributed by atoms with van der Waals surface area (Å²) in [5, 5.41) is 3.38. The van der Waals surface area contributed by atoms with Crippen molar-refractivity contribution in [3.8, 4) is 0 Å². The lowest BCUT2D eigenvalue weighted by Crippen LogP contribution is -2.09. The van der Waals surface area contributed by atoms with Crippen molar-refractivity contribution in [3.05, 3.63) is 51.4 Å². The lowest BCUT2D eigenvalue weighted by atomic mass is 10.1. The topological polar surface area (TPSA) is 37.8 Å². The van der Waals surface area contributed by atoms with Crippen LogP contribution in [0.4, 0.5) is 5.82 Å². The van der Waals surface area contributed by atoms with Gasteiger partial charge in [-0.15, -0.1) is 0 Å². The summed E-state index contributed by atoms with van der Waals surface area (Å²) in [4.78, 5) is 9.26. The molecule has 0 spiro atoms. The SMILES string of the molecule is CCCNc1nc(Cc2cccc(Br)c2)nc(C)c1C. The van der Waals surface area contributed by atoms with E-state index in [4.69, 9.17) is 0 Å². The van der Waals surface area contributed by atoms with Crippen molar-refractivity contribution in [2.24, 2.45) is 0 Å². The van der Waals surface area contributed by atoms with E-state index < -0.39 is 0 Å². The van der Waals surface area contributed by atoms with Crippen LogP contribution >= 0.6 is 15.9 Å². The number of aromatic nitrogens is 2. The van der Waals surface area contributed by atoms with E-state index in [0.717, 1.165) is 46.8 Å². The van der Waals surface area contributed by atoms with Crippen LogP contribution in [0.25, 0.3) is 0 Å². The molecule has 0 unspecified atom stereocenters. The Balaban J connectivity index is 2.25. The smallest absolute Gasteiger partial charge is 0.135 e. The first-order valence-corrected chi connectivity index (χ1v) is 7.72. The van der Waals surface area contributed by atoms with Crippen molar-refractivity contribution in [2.45, 2.75) is 33.6 Å². The predicted octanol–water partition coefficient (Wildman–Crippen LogP) is 4.27. The van der Waals surface area contributed by atoms with Crippen LogP contribution in [0, 0.1) is 13.8 Å². The average Bonchev–Trinajstić information content (AvgIpc) is 2.41. The predicted molar refractivity (Wildman–Crippen MR) is 87.2 cm³/mol. The van der Waals surface area contributed by atoms with Gasteiger partial charge in [0.05, 0.1) is 0 Å². The van der Waals surface area contributed by atoms with Gasteiger partial charge in [-0.25, -0.2) is 9.97 Å². The van der Waals surface area contributed by atoms with Gasteiger partial charge in [-0.05, 0) is 38.0 Å². The number of hydrogen-bond acceptors (Lipinski definition) is 3. The van der Waals surface area contributed by atoms with E-state index in [-0.39, 0.29) is 0 Å². The summed E-state index contributed by atoms with van der Waals surface area (Å²) >= 11 is 3.50. The van der Waals surface area contributed by atoms with Gasteiger partial charge in [0.2, 0.25) is 0 Å². The fourth-order valence-corrected chi connectivity index (χ4v) is 2.46. The summed E-state index contributed by atoms with van der Waals surface area (Å²) in [6, 6.07) is 8.27. The number of benzene rings is 1. The van der Waals surface area contributed by atoms with E-state index in [9.17, 15) is 0 Å². The van der Waals surface area contributed by atoms with Crippen molar-refractivity contribution in [2.75, 3.05) is 11.9 Å². The molecule has 0 radical (unpaired) electrons. The Kier molecular flexibility index (Phi) is 5.12. The van der Waals surface area contributed by atoms with Crippen LogP contribution < -0.4 is 5.32 Å². The van der Waals surface area contributed by atoms with E-state index in [1.807, 2.05) is 19.1 Å². The number of halogens is 1. The van der Waals surface area contributed by atoms with Gasteiger partial charge >= 0.3 is 0 Å². The Morgan fingerprint density at radius 1 is 1.20 bits per heavy atom. The van der Waals surface area contributed by atoms with Gasteiger partial charge in [-0.2, -0.15) is 0 Å². The molecule has 20 heavy (non-hydrogen) atoms. The molecular weight excluding hydrogens is 314 g/mol. The minimum absolute atomic E-state index is 0.751. The molecule has 0 atom stereocenters. The van der Waals surface area contributed by atoms with E-state index in [0.29, 0.717) is 0 Å². The Bertz CT molecular complexity index is 596. The number of aryl methyl sites for hydroxylation is 1. The molecule has 1 N–H and O–H groups in total. The number of hydrogen-bond donors (Lipinski definition) is 1. The molecule has 0 fully saturated rings. The number of nitrogens with zero attached hydrogens (tertiary/aromatic N) is 2. The fourth-order valence-electron chi connectivity index (χ4n) is 2.01. The minimum Gasteiger partial charge on any atom is -0.370 e. The van der Waals surface area contributed by atoms with Gasteiger partial charge in [-0.3, -0.25) is 0 Å². The zero-order valence-electron chi connectivity index (χ0n) is 12.2. The molecular formula is C16H20BrN3. The number of nitrogens with one attached hydrogen (secondary N) is 1. The lowest BCUT2D eigenvalue weighted by Gasteiger charge is -2.12. The monoisotopic (exact) mass is 333 g/mol. The molecule has 2 aromatic rings. The second-order valence-electron chi connectivity index (χ2n) is 4.93. The molecule has 1 heterocycles. The average molecular weight is 334 g/mol. The summed E-state index contributed by atoms with van der Waals surface area (Å²) in [5.74, 6) is 1.83. The third-order valence-corrected chi connectivity index (χ3v) is 3.72. The first kappa shape index (κ1) is 15.0. The number of rotatable bonds is 5. The number of anilines is 1. The highest BCUT2D eigenvalue weighted by Gasteiger charge is 2.08. The van der Waals surface area contributed by atoms with Crippen LogP contribution in [-0.2, 0) is 6.42 Å². The minimum atomic E-state index is 0.751. The van der Waals surface area contributed by atoms with Crippen molar-refractivity contribution in [1.82, 2.24) is 9.97 Å². The molecule has 3 nitrogen and oxygen atoms in total. The molecule has 0 aliphatic rings. The highest BCUT2D eigenvalue weighted by atomic mass is 79.9. The van der Waals surface area contributed by atoms with Gasteiger partial charge in [-0.1, -0.05) is 35.0 Å². The van der Waals surface area contributed by atoms with Crippen molar-refractivity contribution in [1.29, 1.82) is 0 Å². The van der Waals surface area contributed by atoms with Gasteiger partial charge in [0.25, 0.3) is 0 Å². The standard InChI is InChI=1S/C16H20BrN3/c1-4-8-18-16-11(2)12(3)19-15(20-16)10-13-6-5-7-14(17)9-13/h5-7,9H,4,8,10H2,1-3H3,(H,18,19,20). The molecule has 0 aliphatic heterocycles. The molecule has 0 saturated carbocycles. The Labute approximate surface area is 129 Å². The van der Waals surface area contributed by atoms with Crippen LogP contribution in [0.2, 0.25) is 0 Å². The Hall–Kier alpha value is -1.42. The van der Waals surface area contributed by atoms with Gasteiger partial charge in [0, 0.05) is 28.7 Å². The molecule has 0 bridgehead atoms. The fraction of sp³-hybridized carbons (Fsp3) is 0.375. The quantitative estimate of drug-likeness (QED) is 0.887. The molecule has 1 aromatic carbocycles. The lowest BCUT2D eigenvalue weighted by molar-refractivity contribution is 0.904. The van der Waals surface area contributed by atoms with E-state index in [2.05, 4.69) is 57.2 Å². The van der Waals surface area contributed by atoms with E-state index in [1.165, 1.54) is 5.56 Å². The summed E-state index contributed by atoms with van der Waals surface area (Å²) < 4.78 is 1.09. The summed E-state index contributed by atoms with van der Waals surface area (Å²) in [6.45, 7) is 7.20. The first-order valence-electron chi connectivity index (χ1n) is 6.92. The molecule has 4 heteroatoms. The van der Waals surface area contributed by atoms with Crippen molar-refractivity contribution in [3.63, 3.8) is 0 Å². The van der Waals surface area contributed by atoms with Crippen LogP contribution in [0.15, 0.2) is 28.7 Å². The third kappa shape index (κ3) is 3.79. The summed E-state index contributed by atoms with van der Waals surface area (Å²) in [5.41, 5.74) is 3.39. The molecule has 0 saturated heterocycles. The molecule has 0 amide bonds. The summed E-state index contributed by atoms with van der Waals surface area (Å²) in [6.07, 6.45) is 1.84. The second-order valence-corrected chi connectivity index (χ2v) is 5.85. The zero-order valence-corrected chi connectivity index (χ0v) is 13.8. The third-order valence-electron chi connectivity index (χ3n) is 3.23. The Morgan fingerprint density at radius 3 is 2.70 bits per heavy atom. The van der Waals surface area contributed by atoms with E-state index in [1.54, 1.807) is 0 Å². The van der Waals surface area contributed by atoms with Crippen LogP contribution in [0.3, 0.4) is 0 Å². The maximum absolute atomic E-state index is 4.66. The van der Waals surface area contributed by atoms with E-state index >= 15 is 0 Å². The molecule has 106 valence electrons. The normalized spacial score (nSPS) is 10.6. The summed E-state index contributed by atoms with van der Waals surface area (Å²) in [7, 11) is 0. The van der Waals surface area contributed by atoms with Crippen LogP contribution in [0.1, 0.15) is 36.0 Å². The Morgan fingerprint density at radius 2 is 2.00 bits per heavy atom. The highest BCUT2D eigenvalue weighted by molar-refractivity contribution is 9.10.